The highest BCUT2D eigenvalue weighted by Crippen LogP contribution is 2.23. The minimum atomic E-state index is -0.0591. The van der Waals surface area contributed by atoms with Crippen LogP contribution in [-0.2, 0) is 4.79 Å². The molecule has 0 radical (unpaired) electrons. The number of hydrogen-bond donors (Lipinski definition) is 2. The van der Waals surface area contributed by atoms with Crippen LogP contribution in [0.3, 0.4) is 0 Å². The van der Waals surface area contributed by atoms with Gasteiger partial charge >= 0.3 is 0 Å². The number of benzene rings is 1. The van der Waals surface area contributed by atoms with E-state index in [2.05, 4.69) is 10.6 Å². The van der Waals surface area contributed by atoms with Gasteiger partial charge in [-0.3, -0.25) is 4.79 Å². The quantitative estimate of drug-likeness (QED) is 0.823. The lowest BCUT2D eigenvalue weighted by Gasteiger charge is -2.18. The third-order valence-electron chi connectivity index (χ3n) is 3.38. The maximum Gasteiger partial charge on any atom is 0.226 e. The maximum absolute atomic E-state index is 12.1. The van der Waals surface area contributed by atoms with Crippen LogP contribution in [-0.4, -0.2) is 19.1 Å². The zero-order valence-corrected chi connectivity index (χ0v) is 13.1. The van der Waals surface area contributed by atoms with E-state index in [9.17, 15) is 4.79 Å². The Balaban J connectivity index is 1.86. The Morgan fingerprint density at radius 2 is 2.00 bits per heavy atom. The fourth-order valence-electron chi connectivity index (χ4n) is 2.33. The number of nitrogens with one attached hydrogen (secondary N) is 2. The highest BCUT2D eigenvalue weighted by molar-refractivity contribution is 5.92. The third kappa shape index (κ3) is 4.36. The van der Waals surface area contributed by atoms with E-state index in [-0.39, 0.29) is 18.0 Å². The Hall–Kier alpha value is -2.27. The van der Waals surface area contributed by atoms with Gasteiger partial charge in [-0.15, -0.1) is 0 Å². The molecule has 1 aromatic carbocycles. The normalized spacial score (nSPS) is 13.4. The number of rotatable bonds is 7. The first kappa shape index (κ1) is 16.1. The lowest BCUT2D eigenvalue weighted by atomic mass is 10.1. The molecule has 0 unspecified atom stereocenters. The Bertz CT molecular complexity index is 596. The van der Waals surface area contributed by atoms with Crippen molar-refractivity contribution in [2.24, 2.45) is 0 Å². The van der Waals surface area contributed by atoms with Gasteiger partial charge in [-0.1, -0.05) is 12.1 Å². The van der Waals surface area contributed by atoms with Gasteiger partial charge in [-0.05, 0) is 38.1 Å². The molecule has 0 spiro atoms. The second-order valence-electron chi connectivity index (χ2n) is 5.26. The Labute approximate surface area is 130 Å². The zero-order chi connectivity index (χ0) is 15.9. The van der Waals surface area contributed by atoms with Crippen molar-refractivity contribution < 1.29 is 13.9 Å². The number of carbonyl (C=O) groups excluding carboxylic acids is 1. The summed E-state index contributed by atoms with van der Waals surface area (Å²) in [7, 11) is 1.58. The van der Waals surface area contributed by atoms with Crippen molar-refractivity contribution in [2.75, 3.05) is 12.4 Å². The van der Waals surface area contributed by atoms with Crippen LogP contribution in [0.15, 0.2) is 47.1 Å². The average Bonchev–Trinajstić information content (AvgIpc) is 3.01. The van der Waals surface area contributed by atoms with E-state index in [1.54, 1.807) is 13.4 Å². The average molecular weight is 302 g/mol. The second-order valence-corrected chi connectivity index (χ2v) is 5.26. The van der Waals surface area contributed by atoms with Gasteiger partial charge in [0.15, 0.2) is 0 Å². The van der Waals surface area contributed by atoms with Gasteiger partial charge in [0.25, 0.3) is 0 Å². The summed E-state index contributed by atoms with van der Waals surface area (Å²) >= 11 is 0. The monoisotopic (exact) mass is 302 g/mol. The van der Waals surface area contributed by atoms with Gasteiger partial charge in [0.2, 0.25) is 5.91 Å². The maximum atomic E-state index is 12.1. The van der Waals surface area contributed by atoms with Crippen LogP contribution in [0.25, 0.3) is 0 Å². The van der Waals surface area contributed by atoms with E-state index in [0.29, 0.717) is 17.9 Å². The number of hydrogen-bond acceptors (Lipinski definition) is 4. The van der Waals surface area contributed by atoms with E-state index >= 15 is 0 Å². The van der Waals surface area contributed by atoms with Crippen molar-refractivity contribution >= 4 is 11.6 Å². The highest BCUT2D eigenvalue weighted by atomic mass is 16.5. The number of para-hydroxylation sites is 2. The summed E-state index contributed by atoms with van der Waals surface area (Å²) < 4.78 is 10.6. The first-order chi connectivity index (χ1) is 10.6. The van der Waals surface area contributed by atoms with Gasteiger partial charge in [-0.2, -0.15) is 0 Å². The Morgan fingerprint density at radius 3 is 2.68 bits per heavy atom. The van der Waals surface area contributed by atoms with Crippen LogP contribution in [0, 0.1) is 0 Å². The molecule has 1 amide bonds. The van der Waals surface area contributed by atoms with E-state index < -0.39 is 0 Å². The van der Waals surface area contributed by atoms with Gasteiger partial charge in [0, 0.05) is 12.5 Å². The predicted octanol–water partition coefficient (Wildman–Crippen LogP) is 3.36. The van der Waals surface area contributed by atoms with Crippen LogP contribution in [0.5, 0.6) is 5.75 Å². The summed E-state index contributed by atoms with van der Waals surface area (Å²) in [5, 5.41) is 6.21. The fraction of sp³-hybridized carbons (Fsp3) is 0.353. The molecule has 5 nitrogen and oxygen atoms in total. The lowest BCUT2D eigenvalue weighted by molar-refractivity contribution is -0.116. The van der Waals surface area contributed by atoms with Crippen molar-refractivity contribution in [3.8, 4) is 5.75 Å². The Morgan fingerprint density at radius 1 is 1.23 bits per heavy atom. The molecule has 0 bridgehead atoms. The minimum absolute atomic E-state index is 0.0230. The summed E-state index contributed by atoms with van der Waals surface area (Å²) in [6.45, 7) is 3.98. The molecule has 1 heterocycles. The van der Waals surface area contributed by atoms with Gasteiger partial charge in [0.1, 0.15) is 11.5 Å². The smallest absolute Gasteiger partial charge is 0.226 e. The van der Waals surface area contributed by atoms with E-state index in [4.69, 9.17) is 9.15 Å². The van der Waals surface area contributed by atoms with Gasteiger partial charge in [-0.25, -0.2) is 0 Å². The number of ether oxygens (including phenoxy) is 1. The molecular formula is C17H22N2O3. The third-order valence-corrected chi connectivity index (χ3v) is 3.38. The number of methoxy groups -OCH3 is 1. The summed E-state index contributed by atoms with van der Waals surface area (Å²) in [5.74, 6) is 1.45. The molecule has 5 heteroatoms. The van der Waals surface area contributed by atoms with Crippen molar-refractivity contribution in [1.82, 2.24) is 5.32 Å². The predicted molar refractivity (Wildman–Crippen MR) is 86.0 cm³/mol. The summed E-state index contributed by atoms with van der Waals surface area (Å²) in [6, 6.07) is 11.2. The molecule has 2 N–H and O–H groups in total. The molecule has 0 saturated carbocycles. The first-order valence-corrected chi connectivity index (χ1v) is 7.32. The number of furan rings is 1. The van der Waals surface area contributed by atoms with E-state index in [0.717, 1.165) is 5.76 Å². The van der Waals surface area contributed by atoms with Gasteiger partial charge < -0.3 is 19.8 Å². The molecule has 0 saturated heterocycles. The molecule has 0 fully saturated rings. The van der Waals surface area contributed by atoms with Crippen LogP contribution in [0.1, 0.15) is 32.1 Å². The van der Waals surface area contributed by atoms with Crippen molar-refractivity contribution in [3.05, 3.63) is 48.4 Å². The molecule has 2 atom stereocenters. The van der Waals surface area contributed by atoms with E-state index in [1.807, 2.05) is 50.2 Å². The van der Waals surface area contributed by atoms with Crippen LogP contribution < -0.4 is 15.4 Å². The molecule has 118 valence electrons. The standard InChI is InChI=1S/C17H22N2O3/c1-12(18-13(2)15-9-6-10-22-15)11-17(20)19-14-7-4-5-8-16(14)21-3/h4-10,12-13,18H,11H2,1-3H3,(H,19,20)/t12-,13+/m0/s1. The minimum Gasteiger partial charge on any atom is -0.495 e. The van der Waals surface area contributed by atoms with Crippen molar-refractivity contribution in [2.45, 2.75) is 32.4 Å². The van der Waals surface area contributed by atoms with Crippen molar-refractivity contribution in [1.29, 1.82) is 0 Å². The Kier molecular flexibility index (Phi) is 5.61. The topological polar surface area (TPSA) is 63.5 Å². The summed E-state index contributed by atoms with van der Waals surface area (Å²) in [4.78, 5) is 12.1. The second kappa shape index (κ2) is 7.66. The number of anilines is 1. The zero-order valence-electron chi connectivity index (χ0n) is 13.1. The first-order valence-electron chi connectivity index (χ1n) is 7.32. The van der Waals surface area contributed by atoms with Crippen LogP contribution in [0.2, 0.25) is 0 Å². The summed E-state index contributed by atoms with van der Waals surface area (Å²) in [5.41, 5.74) is 0.682. The molecule has 22 heavy (non-hydrogen) atoms. The molecule has 0 aliphatic rings. The summed E-state index contributed by atoms with van der Waals surface area (Å²) in [6.07, 6.45) is 2.01. The lowest BCUT2D eigenvalue weighted by Crippen LogP contribution is -2.32. The fourth-order valence-corrected chi connectivity index (χ4v) is 2.33. The molecule has 0 aliphatic heterocycles. The highest BCUT2D eigenvalue weighted by Gasteiger charge is 2.15. The molecule has 0 aliphatic carbocycles. The number of carbonyl (C=O) groups is 1. The van der Waals surface area contributed by atoms with Crippen LogP contribution >= 0.6 is 0 Å². The van der Waals surface area contributed by atoms with Crippen molar-refractivity contribution in [3.63, 3.8) is 0 Å². The molecule has 2 aromatic rings. The number of amides is 1. The molecule has 2 rings (SSSR count). The molecular weight excluding hydrogens is 280 g/mol. The molecule has 1 aromatic heterocycles. The van der Waals surface area contributed by atoms with Gasteiger partial charge in [0.05, 0.1) is 25.1 Å². The van der Waals surface area contributed by atoms with Crippen LogP contribution in [0.4, 0.5) is 5.69 Å². The SMILES string of the molecule is COc1ccccc1NC(=O)C[C@H](C)N[C@H](C)c1ccco1. The van der Waals surface area contributed by atoms with E-state index in [1.165, 1.54) is 0 Å². The largest absolute Gasteiger partial charge is 0.495 e.